The van der Waals surface area contributed by atoms with Crippen LogP contribution in [0.15, 0.2) is 30.3 Å². The van der Waals surface area contributed by atoms with E-state index in [1.165, 1.54) is 0 Å². The van der Waals surface area contributed by atoms with Crippen molar-refractivity contribution in [1.29, 1.82) is 0 Å². The molecule has 2 atom stereocenters. The third-order valence-corrected chi connectivity index (χ3v) is 10.5. The van der Waals surface area contributed by atoms with Crippen LogP contribution in [0.5, 0.6) is 23.0 Å². The molecule has 2 amide bonds. The molecule has 2 aromatic rings. The van der Waals surface area contributed by atoms with Gasteiger partial charge < -0.3 is 34.0 Å². The van der Waals surface area contributed by atoms with E-state index in [4.69, 9.17) is 14.2 Å². The normalized spacial score (nSPS) is 19.9. The Balaban J connectivity index is 1.28. The maximum Gasteiger partial charge on any atom is 0.237 e. The summed E-state index contributed by atoms with van der Waals surface area (Å²) in [7, 11) is 2.06. The summed E-state index contributed by atoms with van der Waals surface area (Å²) in [5, 5.41) is 10.7. The molecule has 3 aliphatic rings. The van der Waals surface area contributed by atoms with Crippen LogP contribution >= 0.6 is 11.8 Å². The van der Waals surface area contributed by atoms with Gasteiger partial charge in [-0.2, -0.15) is 0 Å². The Hall–Kier alpha value is -3.11. The lowest BCUT2D eigenvalue weighted by molar-refractivity contribution is -0.135. The van der Waals surface area contributed by atoms with Gasteiger partial charge in [0.25, 0.3) is 0 Å². The standard InChI is InChI=1S/C36H51N3O6S/c1-35(2,3)26-19-24(20-27(32(26)41)36(4,5)6)34-39(33(42)30(46-34)22-31(40)38-14-8-9-15-38)16-10-13-37(7)17-18-43-25-11-12-28-29(21-25)45-23-44-28/h11-12,19-21,30,34,41H,8-10,13-18,22-23H2,1-7H3. The molecule has 252 valence electrons. The van der Waals surface area contributed by atoms with E-state index in [-0.39, 0.29) is 41.2 Å². The summed E-state index contributed by atoms with van der Waals surface area (Å²) < 4.78 is 16.8. The molecule has 0 radical (unpaired) electrons. The number of carbonyl (C=O) groups is 2. The largest absolute Gasteiger partial charge is 0.507 e. The molecule has 10 heteroatoms. The molecule has 9 nitrogen and oxygen atoms in total. The fourth-order valence-electron chi connectivity index (χ4n) is 6.31. The van der Waals surface area contributed by atoms with E-state index in [0.29, 0.717) is 24.7 Å². The number of amides is 2. The fourth-order valence-corrected chi connectivity index (χ4v) is 7.77. The average Bonchev–Trinajstić information content (AvgIpc) is 3.74. The number of benzene rings is 2. The van der Waals surface area contributed by atoms with Crippen molar-refractivity contribution in [3.05, 3.63) is 47.0 Å². The Bertz CT molecular complexity index is 1380. The highest BCUT2D eigenvalue weighted by molar-refractivity contribution is 8.01. The minimum absolute atomic E-state index is 0.0269. The minimum atomic E-state index is -0.420. The van der Waals surface area contributed by atoms with Crippen LogP contribution in [0, 0.1) is 0 Å². The van der Waals surface area contributed by atoms with Crippen LogP contribution in [0.25, 0.3) is 0 Å². The lowest BCUT2D eigenvalue weighted by Crippen LogP contribution is -2.37. The highest BCUT2D eigenvalue weighted by Crippen LogP contribution is 2.48. The molecule has 2 fully saturated rings. The van der Waals surface area contributed by atoms with Crippen molar-refractivity contribution in [2.24, 2.45) is 0 Å². The molecule has 3 heterocycles. The summed E-state index contributed by atoms with van der Waals surface area (Å²) in [4.78, 5) is 33.2. The number of likely N-dealkylation sites (N-methyl/N-ethyl adjacent to an activating group) is 1. The van der Waals surface area contributed by atoms with Crippen LogP contribution in [0.3, 0.4) is 0 Å². The fraction of sp³-hybridized carbons (Fsp3) is 0.611. The molecule has 0 saturated carbocycles. The lowest BCUT2D eigenvalue weighted by Gasteiger charge is -2.31. The number of carbonyl (C=O) groups excluding carboxylic acids is 2. The number of rotatable bonds is 11. The van der Waals surface area contributed by atoms with Gasteiger partial charge in [-0.15, -0.1) is 11.8 Å². The van der Waals surface area contributed by atoms with Crippen molar-refractivity contribution in [1.82, 2.24) is 14.7 Å². The molecule has 3 aliphatic heterocycles. The Morgan fingerprint density at radius 3 is 2.30 bits per heavy atom. The predicted molar refractivity (Wildman–Crippen MR) is 182 cm³/mol. The number of hydrogen-bond acceptors (Lipinski definition) is 8. The Kier molecular flexibility index (Phi) is 10.4. The Morgan fingerprint density at radius 1 is 1.00 bits per heavy atom. The Morgan fingerprint density at radius 2 is 1.65 bits per heavy atom. The second kappa shape index (κ2) is 13.9. The van der Waals surface area contributed by atoms with Crippen molar-refractivity contribution in [3.8, 4) is 23.0 Å². The van der Waals surface area contributed by atoms with Crippen molar-refractivity contribution in [3.63, 3.8) is 0 Å². The van der Waals surface area contributed by atoms with Gasteiger partial charge in [-0.25, -0.2) is 0 Å². The van der Waals surface area contributed by atoms with Gasteiger partial charge in [0.1, 0.15) is 23.5 Å². The average molecular weight is 654 g/mol. The molecule has 5 rings (SSSR count). The molecule has 0 aliphatic carbocycles. The molecule has 2 unspecified atom stereocenters. The second-order valence-corrected chi connectivity index (χ2v) is 16.1. The van der Waals surface area contributed by atoms with Crippen molar-refractivity contribution < 1.29 is 28.9 Å². The first-order valence-electron chi connectivity index (χ1n) is 16.5. The van der Waals surface area contributed by atoms with Crippen LogP contribution in [-0.2, 0) is 20.4 Å². The predicted octanol–water partition coefficient (Wildman–Crippen LogP) is 6.07. The molecular formula is C36H51N3O6S. The first-order valence-corrected chi connectivity index (χ1v) is 17.5. The van der Waals surface area contributed by atoms with Crippen LogP contribution < -0.4 is 14.2 Å². The second-order valence-electron chi connectivity index (χ2n) is 14.8. The summed E-state index contributed by atoms with van der Waals surface area (Å²) >= 11 is 1.58. The summed E-state index contributed by atoms with van der Waals surface area (Å²) in [6.07, 6.45) is 3.07. The highest BCUT2D eigenvalue weighted by Gasteiger charge is 2.43. The maximum atomic E-state index is 14.0. The van der Waals surface area contributed by atoms with Gasteiger partial charge in [-0.05, 0) is 84.6 Å². The molecule has 1 N–H and O–H groups in total. The van der Waals surface area contributed by atoms with Gasteiger partial charge in [-0.1, -0.05) is 41.5 Å². The summed E-state index contributed by atoms with van der Waals surface area (Å²) in [5.74, 6) is 2.60. The monoisotopic (exact) mass is 653 g/mol. The molecule has 0 aromatic heterocycles. The number of aromatic hydroxyl groups is 1. The number of phenolic OH excluding ortho intramolecular Hbond substituents is 1. The molecular weight excluding hydrogens is 602 g/mol. The van der Waals surface area contributed by atoms with Crippen LogP contribution in [0.2, 0.25) is 0 Å². The minimum Gasteiger partial charge on any atom is -0.507 e. The smallest absolute Gasteiger partial charge is 0.237 e. The van der Waals surface area contributed by atoms with Gasteiger partial charge >= 0.3 is 0 Å². The highest BCUT2D eigenvalue weighted by atomic mass is 32.2. The van der Waals surface area contributed by atoms with Gasteiger partial charge in [0.2, 0.25) is 18.6 Å². The van der Waals surface area contributed by atoms with E-state index in [0.717, 1.165) is 73.6 Å². The summed E-state index contributed by atoms with van der Waals surface area (Å²) in [5.41, 5.74) is 2.19. The van der Waals surface area contributed by atoms with Crippen LogP contribution in [0.4, 0.5) is 0 Å². The van der Waals surface area contributed by atoms with Gasteiger partial charge in [0.15, 0.2) is 11.5 Å². The number of thioether (sulfide) groups is 1. The zero-order chi connectivity index (χ0) is 33.2. The van der Waals surface area contributed by atoms with E-state index >= 15 is 0 Å². The van der Waals surface area contributed by atoms with Crippen molar-refractivity contribution in [2.45, 2.75) is 88.7 Å². The van der Waals surface area contributed by atoms with Crippen molar-refractivity contribution >= 4 is 23.6 Å². The number of phenols is 1. The third-order valence-electron chi connectivity index (χ3n) is 9.01. The maximum absolute atomic E-state index is 14.0. The number of likely N-dealkylation sites (tertiary alicyclic amines) is 1. The van der Waals surface area contributed by atoms with Gasteiger partial charge in [0, 0.05) is 38.7 Å². The zero-order valence-corrected chi connectivity index (χ0v) is 29.4. The van der Waals surface area contributed by atoms with E-state index in [1.54, 1.807) is 11.8 Å². The molecule has 2 saturated heterocycles. The van der Waals surface area contributed by atoms with E-state index in [1.807, 2.05) is 28.0 Å². The van der Waals surface area contributed by atoms with Crippen molar-refractivity contribution in [2.75, 3.05) is 53.2 Å². The third kappa shape index (κ3) is 7.88. The topological polar surface area (TPSA) is 91.8 Å². The summed E-state index contributed by atoms with van der Waals surface area (Å²) in [6, 6.07) is 9.75. The van der Waals surface area contributed by atoms with E-state index in [2.05, 4.69) is 65.6 Å². The van der Waals surface area contributed by atoms with E-state index in [9.17, 15) is 14.7 Å². The quantitative estimate of drug-likeness (QED) is 0.313. The number of fused-ring (bicyclic) bond motifs is 1. The van der Waals surface area contributed by atoms with Crippen LogP contribution in [-0.4, -0.2) is 90.0 Å². The van der Waals surface area contributed by atoms with Gasteiger partial charge in [-0.3, -0.25) is 9.59 Å². The summed E-state index contributed by atoms with van der Waals surface area (Å²) in [6.45, 7) is 17.0. The molecule has 46 heavy (non-hydrogen) atoms. The lowest BCUT2D eigenvalue weighted by atomic mass is 9.78. The zero-order valence-electron chi connectivity index (χ0n) is 28.6. The molecule has 0 spiro atoms. The van der Waals surface area contributed by atoms with Gasteiger partial charge in [0.05, 0.1) is 5.25 Å². The first-order chi connectivity index (χ1) is 21.7. The van der Waals surface area contributed by atoms with Crippen LogP contribution in [0.1, 0.15) is 89.3 Å². The number of ether oxygens (including phenoxy) is 3. The van der Waals surface area contributed by atoms with E-state index < -0.39 is 5.25 Å². The first kappa shape index (κ1) is 34.2. The Labute approximate surface area is 278 Å². The SMILES string of the molecule is CN(CCCN1C(=O)C(CC(=O)N2CCCC2)SC1c1cc(C(C)(C)C)c(O)c(C(C)(C)C)c1)CCOc1ccc2c(c1)OCO2. The number of nitrogens with zero attached hydrogens (tertiary/aromatic N) is 3. The number of hydrogen-bond donors (Lipinski definition) is 1. The molecule has 2 aromatic carbocycles. The molecule has 0 bridgehead atoms.